The fourth-order valence-corrected chi connectivity index (χ4v) is 3.97. The second-order valence-electron chi connectivity index (χ2n) is 6.45. The number of non-ortho nitro benzene ring substituents is 1. The van der Waals surface area contributed by atoms with Crippen molar-refractivity contribution in [3.8, 4) is 11.5 Å². The highest BCUT2D eigenvalue weighted by Crippen LogP contribution is 2.44. The average molecular weight is 514 g/mol. The Kier molecular flexibility index (Phi) is 5.92. The number of aromatic hydroxyl groups is 2. The molecule has 0 aliphatic rings. The zero-order valence-electron chi connectivity index (χ0n) is 16.1. The zero-order chi connectivity index (χ0) is 25.6. The van der Waals surface area contributed by atoms with Gasteiger partial charge in [0.2, 0.25) is 5.75 Å². The molecule has 0 bridgehead atoms. The van der Waals surface area contributed by atoms with E-state index in [0.29, 0.717) is 18.2 Å². The first-order valence-corrected chi connectivity index (χ1v) is 11.3. The number of phenolic OH excluding ortho intramolecular Hbond substituents is 2. The maximum absolute atomic E-state index is 11.8. The van der Waals surface area contributed by atoms with Gasteiger partial charge in [0.1, 0.15) is 16.3 Å². The van der Waals surface area contributed by atoms with Crippen molar-refractivity contribution in [3.63, 3.8) is 0 Å². The molecule has 0 saturated carbocycles. The van der Waals surface area contributed by atoms with E-state index in [1.807, 2.05) is 0 Å². The minimum atomic E-state index is -5.16. The first kappa shape index (κ1) is 24.4. The molecule has 0 aliphatic carbocycles. The van der Waals surface area contributed by atoms with Crippen molar-refractivity contribution >= 4 is 53.8 Å². The average Bonchev–Trinajstić information content (AvgIpc) is 2.71. The van der Waals surface area contributed by atoms with Crippen LogP contribution in [0.15, 0.2) is 56.4 Å². The minimum Gasteiger partial charge on any atom is -0.505 e. The molecule has 3 aromatic carbocycles. The van der Waals surface area contributed by atoms with Crippen molar-refractivity contribution < 1.29 is 46.0 Å². The standard InChI is InChI=1S/C16H10N4O12S2/c21-15-10-2-1-9(33(27,28)29)3-7(10)4-13(34(30,31)32)14(15)18-17-11-5-8(19(23)24)6-12(16(11)22)20(25)26/h1-6,21-22H,(H,27,28,29)(H,30,31,32)/b18-17-. The Bertz CT molecular complexity index is 1630. The quantitative estimate of drug-likeness (QED) is 0.160. The lowest BCUT2D eigenvalue weighted by Gasteiger charge is -2.09. The summed E-state index contributed by atoms with van der Waals surface area (Å²) in [6.07, 6.45) is 0. The van der Waals surface area contributed by atoms with E-state index in [0.717, 1.165) is 18.2 Å². The van der Waals surface area contributed by atoms with Gasteiger partial charge in [-0.2, -0.15) is 16.8 Å². The summed E-state index contributed by atoms with van der Waals surface area (Å²) in [7, 11) is -9.87. The normalized spacial score (nSPS) is 12.3. The van der Waals surface area contributed by atoms with Gasteiger partial charge in [0.25, 0.3) is 25.9 Å². The molecule has 0 spiro atoms. The van der Waals surface area contributed by atoms with E-state index in [9.17, 15) is 51.8 Å². The van der Waals surface area contributed by atoms with Gasteiger partial charge in [0.15, 0.2) is 5.75 Å². The third-order valence-corrected chi connectivity index (χ3v) is 6.03. The fourth-order valence-electron chi connectivity index (χ4n) is 2.80. The Hall–Kier alpha value is -4.26. The van der Waals surface area contributed by atoms with Crippen molar-refractivity contribution in [2.75, 3.05) is 0 Å². The van der Waals surface area contributed by atoms with E-state index in [1.165, 1.54) is 0 Å². The molecule has 0 aliphatic heterocycles. The molecule has 0 fully saturated rings. The summed E-state index contributed by atoms with van der Waals surface area (Å²) >= 11 is 0. The van der Waals surface area contributed by atoms with E-state index < -0.39 is 74.1 Å². The van der Waals surface area contributed by atoms with Crippen LogP contribution < -0.4 is 0 Å². The predicted octanol–water partition coefficient (Wildman–Crippen LogP) is 2.98. The van der Waals surface area contributed by atoms with E-state index in [-0.39, 0.29) is 10.8 Å². The summed E-state index contributed by atoms with van der Waals surface area (Å²) in [6.45, 7) is 0. The summed E-state index contributed by atoms with van der Waals surface area (Å²) in [6, 6.07) is 4.32. The lowest BCUT2D eigenvalue weighted by molar-refractivity contribution is -0.394. The van der Waals surface area contributed by atoms with E-state index in [1.54, 1.807) is 0 Å². The van der Waals surface area contributed by atoms with Crippen LogP contribution in [0.1, 0.15) is 0 Å². The van der Waals surface area contributed by atoms with Gasteiger partial charge in [0, 0.05) is 11.5 Å². The van der Waals surface area contributed by atoms with Crippen molar-refractivity contribution in [3.05, 3.63) is 56.6 Å². The number of nitrogens with zero attached hydrogens (tertiary/aromatic N) is 4. The number of rotatable bonds is 6. The number of azo groups is 1. The van der Waals surface area contributed by atoms with Crippen LogP contribution >= 0.6 is 0 Å². The summed E-state index contributed by atoms with van der Waals surface area (Å²) in [4.78, 5) is 18.1. The zero-order valence-corrected chi connectivity index (χ0v) is 17.8. The number of nitro groups is 2. The maximum Gasteiger partial charge on any atom is 0.319 e. The van der Waals surface area contributed by atoms with Gasteiger partial charge in [-0.1, -0.05) is 0 Å². The third-order valence-electron chi connectivity index (χ3n) is 4.32. The first-order chi connectivity index (χ1) is 15.6. The summed E-state index contributed by atoms with van der Waals surface area (Å²) in [5.41, 5.74) is -3.76. The summed E-state index contributed by atoms with van der Waals surface area (Å²) < 4.78 is 65.0. The largest absolute Gasteiger partial charge is 0.505 e. The molecule has 16 nitrogen and oxygen atoms in total. The molecular weight excluding hydrogens is 504 g/mol. The fraction of sp³-hybridized carbons (Fsp3) is 0. The van der Waals surface area contributed by atoms with E-state index >= 15 is 0 Å². The molecule has 0 radical (unpaired) electrons. The molecular formula is C16H10N4O12S2. The molecule has 0 unspecified atom stereocenters. The monoisotopic (exact) mass is 514 g/mol. The van der Waals surface area contributed by atoms with Crippen LogP contribution in [0.5, 0.6) is 11.5 Å². The van der Waals surface area contributed by atoms with Crippen LogP contribution in [0.3, 0.4) is 0 Å². The molecule has 18 heteroatoms. The Balaban J connectivity index is 2.31. The molecule has 0 aromatic heterocycles. The molecule has 0 saturated heterocycles. The Morgan fingerprint density at radius 3 is 1.97 bits per heavy atom. The lowest BCUT2D eigenvalue weighted by atomic mass is 10.1. The van der Waals surface area contributed by atoms with Crippen LogP contribution in [0.25, 0.3) is 10.8 Å². The number of benzene rings is 3. The number of nitro benzene ring substituents is 2. The van der Waals surface area contributed by atoms with Crippen molar-refractivity contribution in [1.82, 2.24) is 0 Å². The Morgan fingerprint density at radius 2 is 1.44 bits per heavy atom. The van der Waals surface area contributed by atoms with Gasteiger partial charge in [-0.25, -0.2) is 0 Å². The van der Waals surface area contributed by atoms with Crippen LogP contribution in [-0.2, 0) is 20.2 Å². The highest BCUT2D eigenvalue weighted by atomic mass is 32.2. The van der Waals surface area contributed by atoms with Crippen molar-refractivity contribution in [1.29, 1.82) is 0 Å². The summed E-state index contributed by atoms with van der Waals surface area (Å²) in [5.74, 6) is -2.12. The predicted molar refractivity (Wildman–Crippen MR) is 111 cm³/mol. The minimum absolute atomic E-state index is 0.219. The Labute approximate surface area is 188 Å². The second-order valence-corrected chi connectivity index (χ2v) is 9.26. The smallest absolute Gasteiger partial charge is 0.319 e. The molecule has 0 heterocycles. The SMILES string of the molecule is O=[N+]([O-])c1cc(/N=N\c2c(S(=O)(=O)O)cc3cc(S(=O)(=O)O)ccc3c2O)c(O)c([N+](=O)[O-])c1. The van der Waals surface area contributed by atoms with Crippen LogP contribution in [0.2, 0.25) is 0 Å². The Morgan fingerprint density at radius 1 is 0.794 bits per heavy atom. The second kappa shape index (κ2) is 8.26. The number of fused-ring (bicyclic) bond motifs is 1. The highest BCUT2D eigenvalue weighted by molar-refractivity contribution is 7.86. The first-order valence-electron chi connectivity index (χ1n) is 8.43. The van der Waals surface area contributed by atoms with Gasteiger partial charge >= 0.3 is 5.69 Å². The lowest BCUT2D eigenvalue weighted by Crippen LogP contribution is -2.00. The molecule has 178 valence electrons. The van der Waals surface area contributed by atoms with Crippen LogP contribution in [-0.4, -0.2) is 46.0 Å². The highest BCUT2D eigenvalue weighted by Gasteiger charge is 2.26. The molecule has 3 rings (SSSR count). The van der Waals surface area contributed by atoms with E-state index in [4.69, 9.17) is 4.55 Å². The van der Waals surface area contributed by atoms with Gasteiger partial charge in [-0.05, 0) is 29.7 Å². The van der Waals surface area contributed by atoms with Crippen molar-refractivity contribution in [2.24, 2.45) is 10.2 Å². The van der Waals surface area contributed by atoms with Gasteiger partial charge < -0.3 is 10.2 Å². The summed E-state index contributed by atoms with van der Waals surface area (Å²) in [5, 5.41) is 48.8. The van der Waals surface area contributed by atoms with Crippen LogP contribution in [0.4, 0.5) is 22.7 Å². The van der Waals surface area contributed by atoms with Gasteiger partial charge in [0.05, 0.1) is 20.8 Å². The van der Waals surface area contributed by atoms with Gasteiger partial charge in [-0.3, -0.25) is 29.3 Å². The number of hydrogen-bond donors (Lipinski definition) is 4. The van der Waals surface area contributed by atoms with E-state index in [2.05, 4.69) is 10.2 Å². The van der Waals surface area contributed by atoms with Crippen molar-refractivity contribution in [2.45, 2.75) is 9.79 Å². The third kappa shape index (κ3) is 4.59. The number of phenols is 2. The van der Waals surface area contributed by atoms with Gasteiger partial charge in [-0.15, -0.1) is 10.2 Å². The molecule has 34 heavy (non-hydrogen) atoms. The van der Waals surface area contributed by atoms with Crippen LogP contribution in [0, 0.1) is 20.2 Å². The molecule has 4 N–H and O–H groups in total. The molecule has 0 amide bonds. The number of hydrogen-bond acceptors (Lipinski definition) is 12. The molecule has 3 aromatic rings. The topological polar surface area (TPSA) is 260 Å². The molecule has 0 atom stereocenters. The maximum atomic E-state index is 11.8.